The van der Waals surface area contributed by atoms with Crippen LogP contribution in [0.1, 0.15) is 36.7 Å². The van der Waals surface area contributed by atoms with Gasteiger partial charge in [0.1, 0.15) is 11.4 Å². The number of carboxylic acid groups (broad SMARTS) is 1. The summed E-state index contributed by atoms with van der Waals surface area (Å²) >= 11 is 0. The zero-order valence-corrected chi connectivity index (χ0v) is 12.0. The lowest BCUT2D eigenvalue weighted by Gasteiger charge is -2.19. The fraction of sp³-hybridized carbons (Fsp3) is 0.333. The van der Waals surface area contributed by atoms with E-state index in [1.54, 1.807) is 20.8 Å². The predicted octanol–water partition coefficient (Wildman–Crippen LogP) is 2.40. The molecule has 21 heavy (non-hydrogen) atoms. The van der Waals surface area contributed by atoms with Crippen LogP contribution in [0, 0.1) is 17.7 Å². The molecule has 0 radical (unpaired) electrons. The molecule has 2 N–H and O–H groups in total. The molecule has 5 nitrogen and oxygen atoms in total. The molecule has 6 heteroatoms. The number of ether oxygens (including phenoxy) is 1. The summed E-state index contributed by atoms with van der Waals surface area (Å²) < 4.78 is 18.0. The Morgan fingerprint density at radius 3 is 2.62 bits per heavy atom. The van der Waals surface area contributed by atoms with Gasteiger partial charge in [0.15, 0.2) is 0 Å². The summed E-state index contributed by atoms with van der Waals surface area (Å²) in [6.07, 6.45) is -0.616. The molecule has 112 valence electrons. The Morgan fingerprint density at radius 1 is 1.38 bits per heavy atom. The Bertz CT molecular complexity index is 608. The zero-order valence-electron chi connectivity index (χ0n) is 12.0. The molecular formula is C15H16FNO4. The Kier molecular flexibility index (Phi) is 5.30. The summed E-state index contributed by atoms with van der Waals surface area (Å²) in [7, 11) is 0. The summed E-state index contributed by atoms with van der Waals surface area (Å²) in [5.74, 6) is 3.24. The highest BCUT2D eigenvalue weighted by molar-refractivity contribution is 5.90. The highest BCUT2D eigenvalue weighted by Crippen LogP contribution is 2.10. The average Bonchev–Trinajstić information content (AvgIpc) is 2.33. The summed E-state index contributed by atoms with van der Waals surface area (Å²) in [5.41, 5.74) is -0.653. The molecular weight excluding hydrogens is 277 g/mol. The highest BCUT2D eigenvalue weighted by Gasteiger charge is 2.15. The monoisotopic (exact) mass is 293 g/mol. The Hall–Kier alpha value is -2.55. The fourth-order valence-electron chi connectivity index (χ4n) is 1.37. The number of aromatic carboxylic acids is 1. The number of hydrogen-bond acceptors (Lipinski definition) is 3. The number of halogens is 1. The fourth-order valence-corrected chi connectivity index (χ4v) is 1.37. The smallest absolute Gasteiger partial charge is 0.408 e. The first kappa shape index (κ1) is 16.5. The molecule has 1 rings (SSSR count). The number of rotatable bonds is 2. The molecule has 0 fully saturated rings. The lowest BCUT2D eigenvalue weighted by atomic mass is 10.1. The number of nitrogens with one attached hydrogen (secondary N) is 1. The van der Waals surface area contributed by atoms with Crippen LogP contribution < -0.4 is 5.32 Å². The maximum atomic E-state index is 13.0. The van der Waals surface area contributed by atoms with E-state index in [1.807, 2.05) is 0 Å². The van der Waals surface area contributed by atoms with E-state index >= 15 is 0 Å². The van der Waals surface area contributed by atoms with Crippen LogP contribution in [-0.4, -0.2) is 29.3 Å². The first-order valence-corrected chi connectivity index (χ1v) is 6.17. The first-order chi connectivity index (χ1) is 9.69. The second kappa shape index (κ2) is 6.75. The lowest BCUT2D eigenvalue weighted by molar-refractivity contribution is 0.0534. The van der Waals surface area contributed by atoms with E-state index in [0.29, 0.717) is 0 Å². The van der Waals surface area contributed by atoms with Crippen molar-refractivity contribution in [3.8, 4) is 11.8 Å². The maximum Gasteiger partial charge on any atom is 0.408 e. The molecule has 0 aliphatic rings. The van der Waals surface area contributed by atoms with Gasteiger partial charge in [0.2, 0.25) is 0 Å². The van der Waals surface area contributed by atoms with Crippen LogP contribution in [0.5, 0.6) is 0 Å². The largest absolute Gasteiger partial charge is 0.478 e. The van der Waals surface area contributed by atoms with Crippen molar-refractivity contribution in [2.45, 2.75) is 26.4 Å². The molecule has 0 heterocycles. The molecule has 0 spiro atoms. The highest BCUT2D eigenvalue weighted by atomic mass is 19.1. The summed E-state index contributed by atoms with van der Waals surface area (Å²) in [6, 6.07) is 3.30. The van der Waals surface area contributed by atoms with Crippen LogP contribution >= 0.6 is 0 Å². The van der Waals surface area contributed by atoms with E-state index in [2.05, 4.69) is 17.2 Å². The topological polar surface area (TPSA) is 75.6 Å². The number of carbonyl (C=O) groups is 2. The van der Waals surface area contributed by atoms with Gasteiger partial charge in [0.05, 0.1) is 12.1 Å². The number of benzene rings is 1. The molecule has 0 aliphatic carbocycles. The van der Waals surface area contributed by atoms with Crippen LogP contribution in [0.3, 0.4) is 0 Å². The zero-order chi connectivity index (χ0) is 16.0. The van der Waals surface area contributed by atoms with Gasteiger partial charge in [-0.05, 0) is 39.0 Å². The second-order valence-electron chi connectivity index (χ2n) is 5.15. The second-order valence-corrected chi connectivity index (χ2v) is 5.15. The number of amides is 1. The Morgan fingerprint density at radius 2 is 2.05 bits per heavy atom. The van der Waals surface area contributed by atoms with E-state index in [1.165, 1.54) is 6.07 Å². The number of alkyl carbamates (subject to hydrolysis) is 1. The van der Waals surface area contributed by atoms with Crippen LogP contribution in [0.2, 0.25) is 0 Å². The van der Waals surface area contributed by atoms with Gasteiger partial charge in [-0.1, -0.05) is 11.8 Å². The van der Waals surface area contributed by atoms with Crippen molar-refractivity contribution in [3.63, 3.8) is 0 Å². The molecule has 0 saturated carbocycles. The van der Waals surface area contributed by atoms with E-state index < -0.39 is 23.5 Å². The maximum absolute atomic E-state index is 13.0. The minimum Gasteiger partial charge on any atom is -0.478 e. The van der Waals surface area contributed by atoms with Crippen molar-refractivity contribution >= 4 is 12.1 Å². The van der Waals surface area contributed by atoms with Crippen LogP contribution in [0.25, 0.3) is 0 Å². The van der Waals surface area contributed by atoms with E-state index in [0.717, 1.165) is 12.1 Å². The minimum atomic E-state index is -1.26. The number of hydrogen-bond donors (Lipinski definition) is 2. The standard InChI is InChI=1S/C15H16FNO4/c1-15(2,3)21-14(20)17-8-4-5-10-6-7-11(16)9-12(10)13(18)19/h6-7,9H,8H2,1-3H3,(H,17,20)(H,18,19). The molecule has 0 atom stereocenters. The van der Waals surface area contributed by atoms with Gasteiger partial charge in [0, 0.05) is 5.56 Å². The van der Waals surface area contributed by atoms with Crippen molar-refractivity contribution in [1.29, 1.82) is 0 Å². The van der Waals surface area contributed by atoms with Crippen molar-refractivity contribution in [3.05, 3.63) is 35.1 Å². The van der Waals surface area contributed by atoms with Crippen molar-refractivity contribution in [2.75, 3.05) is 6.54 Å². The van der Waals surface area contributed by atoms with Gasteiger partial charge in [-0.25, -0.2) is 14.0 Å². The van der Waals surface area contributed by atoms with Gasteiger partial charge >= 0.3 is 12.1 Å². The Balaban J connectivity index is 2.68. The van der Waals surface area contributed by atoms with Crippen LogP contribution in [-0.2, 0) is 4.74 Å². The van der Waals surface area contributed by atoms with Crippen LogP contribution in [0.15, 0.2) is 18.2 Å². The average molecular weight is 293 g/mol. The van der Waals surface area contributed by atoms with Crippen molar-refractivity contribution < 1.29 is 23.8 Å². The third kappa shape index (κ3) is 5.95. The molecule has 0 saturated heterocycles. The third-order valence-electron chi connectivity index (χ3n) is 2.16. The van der Waals surface area contributed by atoms with E-state index in [9.17, 15) is 14.0 Å². The third-order valence-corrected chi connectivity index (χ3v) is 2.16. The van der Waals surface area contributed by atoms with Gasteiger partial charge in [-0.15, -0.1) is 0 Å². The molecule has 0 aliphatic heterocycles. The van der Waals surface area contributed by atoms with Gasteiger partial charge < -0.3 is 15.2 Å². The van der Waals surface area contributed by atoms with Crippen LogP contribution in [0.4, 0.5) is 9.18 Å². The quantitative estimate of drug-likeness (QED) is 0.821. The van der Waals surface area contributed by atoms with Gasteiger partial charge in [0.25, 0.3) is 0 Å². The number of carbonyl (C=O) groups excluding carboxylic acids is 1. The number of carboxylic acids is 1. The SMILES string of the molecule is CC(C)(C)OC(=O)NCC#Cc1ccc(F)cc1C(=O)O. The molecule has 1 aromatic rings. The lowest BCUT2D eigenvalue weighted by Crippen LogP contribution is -2.32. The van der Waals surface area contributed by atoms with E-state index in [-0.39, 0.29) is 17.7 Å². The molecule has 1 amide bonds. The summed E-state index contributed by atoms with van der Waals surface area (Å²) in [4.78, 5) is 22.3. The van der Waals surface area contributed by atoms with E-state index in [4.69, 9.17) is 9.84 Å². The van der Waals surface area contributed by atoms with Gasteiger partial charge in [-0.2, -0.15) is 0 Å². The molecule has 1 aromatic carbocycles. The van der Waals surface area contributed by atoms with Crippen molar-refractivity contribution in [2.24, 2.45) is 0 Å². The summed E-state index contributed by atoms with van der Waals surface area (Å²) in [5, 5.41) is 11.4. The molecule has 0 bridgehead atoms. The predicted molar refractivity (Wildman–Crippen MR) is 74.5 cm³/mol. The molecule has 0 aromatic heterocycles. The normalized spacial score (nSPS) is 10.3. The van der Waals surface area contributed by atoms with Gasteiger partial charge in [-0.3, -0.25) is 0 Å². The first-order valence-electron chi connectivity index (χ1n) is 6.17. The molecule has 0 unspecified atom stereocenters. The van der Waals surface area contributed by atoms with Crippen molar-refractivity contribution in [1.82, 2.24) is 5.32 Å². The Labute approximate surface area is 122 Å². The minimum absolute atomic E-state index is 0.00858. The summed E-state index contributed by atoms with van der Waals surface area (Å²) in [6.45, 7) is 5.19.